The van der Waals surface area contributed by atoms with Gasteiger partial charge in [-0.15, -0.1) is 0 Å². The van der Waals surface area contributed by atoms with Gasteiger partial charge in [-0.05, 0) is 74.3 Å². The first-order valence-corrected chi connectivity index (χ1v) is 11.6. The fourth-order valence-electron chi connectivity index (χ4n) is 5.88. The maximum atomic E-state index is 7.13. The second kappa shape index (κ2) is 9.41. The number of hydrogen-bond donors (Lipinski definition) is 1. The van der Waals surface area contributed by atoms with E-state index in [1.807, 2.05) is 6.08 Å². The highest BCUT2D eigenvalue weighted by atomic mass is 14.8. The van der Waals surface area contributed by atoms with Crippen LogP contribution in [0.15, 0.2) is 47.6 Å². The highest BCUT2D eigenvalue weighted by Gasteiger charge is 2.50. The fraction of sp³-hybridized carbons (Fsp3) is 0.692. The van der Waals surface area contributed by atoms with Gasteiger partial charge in [0.1, 0.15) is 0 Å². The first-order valence-electron chi connectivity index (χ1n) is 11.6. The number of fused-ring (bicyclic) bond motifs is 1. The van der Waals surface area contributed by atoms with Crippen molar-refractivity contribution in [2.75, 3.05) is 0 Å². The molecule has 3 rings (SSSR count). The van der Waals surface area contributed by atoms with Gasteiger partial charge in [0.05, 0.1) is 0 Å². The van der Waals surface area contributed by atoms with E-state index in [0.717, 1.165) is 37.2 Å². The monoisotopic (exact) mass is 367 g/mol. The second-order valence-corrected chi connectivity index (χ2v) is 9.40. The van der Waals surface area contributed by atoms with Gasteiger partial charge in [-0.3, -0.25) is 0 Å². The molecule has 0 aromatic heterocycles. The molecule has 1 nitrogen and oxygen atoms in total. The Hall–Kier alpha value is -1.08. The van der Waals surface area contributed by atoms with Crippen LogP contribution in [-0.4, -0.2) is 5.54 Å². The quantitative estimate of drug-likeness (QED) is 0.299. The Kier molecular flexibility index (Phi) is 7.20. The van der Waals surface area contributed by atoms with E-state index < -0.39 is 0 Å². The number of unbranched alkanes of at least 4 members (excludes halogenated alkanes) is 5. The predicted octanol–water partition coefficient (Wildman–Crippen LogP) is 7.40. The van der Waals surface area contributed by atoms with Gasteiger partial charge in [0, 0.05) is 5.54 Å². The molecule has 1 heteroatoms. The minimum Gasteiger partial charge on any atom is -0.324 e. The molecule has 0 saturated heterocycles. The van der Waals surface area contributed by atoms with Gasteiger partial charge in [-0.25, -0.2) is 0 Å². The molecule has 3 atom stereocenters. The Balaban J connectivity index is 1.54. The molecule has 0 aromatic rings. The van der Waals surface area contributed by atoms with E-state index in [1.54, 1.807) is 16.7 Å². The summed E-state index contributed by atoms with van der Waals surface area (Å²) in [5.74, 6) is 1.47. The third-order valence-electron chi connectivity index (χ3n) is 7.67. The van der Waals surface area contributed by atoms with Crippen LogP contribution in [0.5, 0.6) is 0 Å². The maximum Gasteiger partial charge on any atom is 0.0252 e. The van der Waals surface area contributed by atoms with Crippen molar-refractivity contribution in [3.63, 3.8) is 0 Å². The van der Waals surface area contributed by atoms with Gasteiger partial charge < -0.3 is 5.73 Å². The minimum absolute atomic E-state index is 0.0935. The van der Waals surface area contributed by atoms with Crippen LogP contribution in [0.4, 0.5) is 0 Å². The maximum absolute atomic E-state index is 7.13. The second-order valence-electron chi connectivity index (χ2n) is 9.40. The van der Waals surface area contributed by atoms with Gasteiger partial charge in [-0.2, -0.15) is 0 Å². The van der Waals surface area contributed by atoms with Crippen LogP contribution < -0.4 is 5.73 Å². The lowest BCUT2D eigenvalue weighted by Crippen LogP contribution is -2.51. The zero-order chi connectivity index (χ0) is 19.3. The molecular weight excluding hydrogens is 326 g/mol. The predicted molar refractivity (Wildman–Crippen MR) is 119 cm³/mol. The summed E-state index contributed by atoms with van der Waals surface area (Å²) >= 11 is 0. The molecule has 0 heterocycles. The summed E-state index contributed by atoms with van der Waals surface area (Å²) in [4.78, 5) is 0. The van der Waals surface area contributed by atoms with Gasteiger partial charge in [0.2, 0.25) is 0 Å². The van der Waals surface area contributed by atoms with Crippen LogP contribution in [0.25, 0.3) is 0 Å². The van der Waals surface area contributed by atoms with Crippen molar-refractivity contribution in [2.24, 2.45) is 17.6 Å². The highest BCUT2D eigenvalue weighted by Crippen LogP contribution is 2.54. The van der Waals surface area contributed by atoms with E-state index in [9.17, 15) is 0 Å². The molecule has 3 aliphatic rings. The SMILES string of the molecule is C=CC(=C)CCC1=CCC2=C1CC1CCC(CCCCCCCC)C1(N)C2. The molecule has 2 N–H and O–H groups in total. The van der Waals surface area contributed by atoms with Gasteiger partial charge in [-0.1, -0.05) is 81.9 Å². The third kappa shape index (κ3) is 4.67. The fourth-order valence-corrected chi connectivity index (χ4v) is 5.88. The highest BCUT2D eigenvalue weighted by molar-refractivity contribution is 5.46. The molecule has 0 amide bonds. The number of rotatable bonds is 11. The van der Waals surface area contributed by atoms with Gasteiger partial charge >= 0.3 is 0 Å². The molecule has 27 heavy (non-hydrogen) atoms. The Morgan fingerprint density at radius 1 is 1.22 bits per heavy atom. The van der Waals surface area contributed by atoms with Crippen LogP contribution in [0.2, 0.25) is 0 Å². The van der Waals surface area contributed by atoms with E-state index in [4.69, 9.17) is 5.73 Å². The standard InChI is InChI=1S/C26H41N/c1-4-6-7-8-9-10-11-23-16-17-24-18-25-21(13-12-20(3)5-2)14-15-22(25)19-26(23,24)27/h5,14,23-24H,2-4,6-13,15-19,27H2,1H3. The Labute approximate surface area is 167 Å². The molecule has 0 aromatic carbocycles. The Bertz CT molecular complexity index is 608. The summed E-state index contributed by atoms with van der Waals surface area (Å²) in [6, 6.07) is 0. The summed E-state index contributed by atoms with van der Waals surface area (Å²) in [7, 11) is 0. The summed E-state index contributed by atoms with van der Waals surface area (Å²) in [6.45, 7) is 10.2. The molecule has 0 bridgehead atoms. The Morgan fingerprint density at radius 3 is 2.78 bits per heavy atom. The van der Waals surface area contributed by atoms with Gasteiger partial charge in [0.25, 0.3) is 0 Å². The molecule has 3 aliphatic carbocycles. The van der Waals surface area contributed by atoms with Crippen LogP contribution in [0, 0.1) is 11.8 Å². The van der Waals surface area contributed by atoms with Crippen molar-refractivity contribution < 1.29 is 0 Å². The van der Waals surface area contributed by atoms with Crippen molar-refractivity contribution in [2.45, 2.75) is 102 Å². The summed E-state index contributed by atoms with van der Waals surface area (Å²) < 4.78 is 0. The van der Waals surface area contributed by atoms with Gasteiger partial charge in [0.15, 0.2) is 0 Å². The lowest BCUT2D eigenvalue weighted by molar-refractivity contribution is 0.215. The minimum atomic E-state index is 0.0935. The Morgan fingerprint density at radius 2 is 2.00 bits per heavy atom. The van der Waals surface area contributed by atoms with Crippen molar-refractivity contribution in [1.82, 2.24) is 0 Å². The summed E-state index contributed by atoms with van der Waals surface area (Å²) in [6.07, 6.45) is 22.6. The van der Waals surface area contributed by atoms with Crippen LogP contribution >= 0.6 is 0 Å². The normalized spacial score (nSPS) is 29.5. The molecule has 150 valence electrons. The average Bonchev–Trinajstić information content (AvgIpc) is 3.20. The summed E-state index contributed by atoms with van der Waals surface area (Å²) in [5, 5.41) is 0. The van der Waals surface area contributed by atoms with E-state index >= 15 is 0 Å². The van der Waals surface area contributed by atoms with E-state index in [-0.39, 0.29) is 5.54 Å². The average molecular weight is 368 g/mol. The smallest absolute Gasteiger partial charge is 0.0252 e. The topological polar surface area (TPSA) is 26.0 Å². The number of hydrogen-bond acceptors (Lipinski definition) is 1. The largest absolute Gasteiger partial charge is 0.324 e. The van der Waals surface area contributed by atoms with Crippen molar-refractivity contribution >= 4 is 0 Å². The number of allylic oxidation sites excluding steroid dienone is 5. The lowest BCUT2D eigenvalue weighted by atomic mass is 9.68. The van der Waals surface area contributed by atoms with Crippen LogP contribution in [0.1, 0.15) is 96.8 Å². The molecular formula is C26H41N. The van der Waals surface area contributed by atoms with E-state index in [0.29, 0.717) is 5.92 Å². The molecule has 1 fully saturated rings. The molecule has 0 spiro atoms. The van der Waals surface area contributed by atoms with Crippen molar-refractivity contribution in [3.8, 4) is 0 Å². The summed E-state index contributed by atoms with van der Waals surface area (Å²) in [5.41, 5.74) is 13.3. The van der Waals surface area contributed by atoms with Crippen molar-refractivity contribution in [1.29, 1.82) is 0 Å². The number of nitrogens with two attached hydrogens (primary N) is 1. The molecule has 0 radical (unpaired) electrons. The third-order valence-corrected chi connectivity index (χ3v) is 7.67. The zero-order valence-corrected chi connectivity index (χ0v) is 17.7. The molecule has 3 unspecified atom stereocenters. The first kappa shape index (κ1) is 20.6. The lowest BCUT2D eigenvalue weighted by Gasteiger charge is -2.42. The molecule has 0 aliphatic heterocycles. The van der Waals surface area contributed by atoms with Crippen LogP contribution in [-0.2, 0) is 0 Å². The van der Waals surface area contributed by atoms with Crippen molar-refractivity contribution in [3.05, 3.63) is 47.6 Å². The zero-order valence-electron chi connectivity index (χ0n) is 17.7. The first-order chi connectivity index (χ1) is 13.1. The van der Waals surface area contributed by atoms with E-state index in [1.165, 1.54) is 64.2 Å². The molecule has 1 saturated carbocycles. The van der Waals surface area contributed by atoms with Crippen LogP contribution in [0.3, 0.4) is 0 Å². The van der Waals surface area contributed by atoms with E-state index in [2.05, 4.69) is 26.2 Å².